The molecule has 1 aromatic rings. The highest BCUT2D eigenvalue weighted by atomic mass is 16.6. The van der Waals surface area contributed by atoms with Crippen molar-refractivity contribution in [2.75, 3.05) is 6.61 Å². The van der Waals surface area contributed by atoms with E-state index >= 15 is 0 Å². The highest BCUT2D eigenvalue weighted by Crippen LogP contribution is 2.37. The maximum atomic E-state index is 12.0. The molecule has 2 bridgehead atoms. The summed E-state index contributed by atoms with van der Waals surface area (Å²) in [5.74, 6) is 0. The van der Waals surface area contributed by atoms with Crippen molar-refractivity contribution in [3.8, 4) is 6.01 Å². The molecule has 0 amide bonds. The van der Waals surface area contributed by atoms with Gasteiger partial charge in [0.05, 0.1) is 24.9 Å². The number of aromatic nitrogens is 2. The minimum atomic E-state index is -0.369. The molecule has 1 fully saturated rings. The standard InChI is InChI=1S/C14H20N2O5/c1-3-8(2)19-7-9-5-16-12-4-10(11(6-17)20-12)21-14(16)15-13(9)18/h5,8,10-12,17H,3-4,6-7H2,1-2H3/t8?,10-,11-,12-/m1/s1. The Hall–Kier alpha value is -1.44. The zero-order valence-corrected chi connectivity index (χ0v) is 12.2. The molecule has 2 aliphatic heterocycles. The molecule has 1 unspecified atom stereocenters. The average molecular weight is 296 g/mol. The summed E-state index contributed by atoms with van der Waals surface area (Å²) < 4.78 is 18.6. The largest absolute Gasteiger partial charge is 0.458 e. The molecule has 3 rings (SSSR count). The lowest BCUT2D eigenvalue weighted by atomic mass is 10.1. The summed E-state index contributed by atoms with van der Waals surface area (Å²) in [5, 5.41) is 9.26. The van der Waals surface area contributed by atoms with Crippen LogP contribution in [0, 0.1) is 0 Å². The molecule has 0 aromatic carbocycles. The van der Waals surface area contributed by atoms with Gasteiger partial charge in [-0.15, -0.1) is 0 Å². The number of aliphatic hydroxyl groups excluding tert-OH is 1. The second kappa shape index (κ2) is 5.75. The van der Waals surface area contributed by atoms with Crippen LogP contribution in [0.2, 0.25) is 0 Å². The van der Waals surface area contributed by atoms with Crippen molar-refractivity contribution >= 4 is 0 Å². The van der Waals surface area contributed by atoms with E-state index in [0.29, 0.717) is 12.0 Å². The van der Waals surface area contributed by atoms with Crippen LogP contribution in [-0.4, -0.2) is 39.6 Å². The topological polar surface area (TPSA) is 82.8 Å². The molecule has 1 saturated heterocycles. The Bertz CT molecular complexity index is 573. The normalized spacial score (nSPS) is 28.0. The van der Waals surface area contributed by atoms with E-state index in [4.69, 9.17) is 14.2 Å². The molecule has 0 aliphatic carbocycles. The van der Waals surface area contributed by atoms with Crippen LogP contribution in [0.3, 0.4) is 0 Å². The lowest BCUT2D eigenvalue weighted by molar-refractivity contribution is -0.0249. The van der Waals surface area contributed by atoms with Crippen LogP contribution in [0.4, 0.5) is 0 Å². The minimum absolute atomic E-state index is 0.0903. The molecule has 116 valence electrons. The summed E-state index contributed by atoms with van der Waals surface area (Å²) in [6.07, 6.45) is 2.45. The predicted octanol–water partition coefficient (Wildman–Crippen LogP) is 0.599. The van der Waals surface area contributed by atoms with E-state index in [-0.39, 0.29) is 49.3 Å². The molecule has 0 spiro atoms. The van der Waals surface area contributed by atoms with Crippen molar-refractivity contribution in [2.45, 2.75) is 57.8 Å². The van der Waals surface area contributed by atoms with E-state index < -0.39 is 0 Å². The molecule has 2 aliphatic rings. The van der Waals surface area contributed by atoms with Gasteiger partial charge in [-0.25, -0.2) is 0 Å². The molecule has 3 heterocycles. The van der Waals surface area contributed by atoms with Gasteiger partial charge in [0.15, 0.2) is 0 Å². The smallest absolute Gasteiger partial charge is 0.302 e. The Morgan fingerprint density at radius 3 is 3.14 bits per heavy atom. The first kappa shape index (κ1) is 14.5. The first-order valence-electron chi connectivity index (χ1n) is 7.29. The van der Waals surface area contributed by atoms with Crippen LogP contribution in [-0.2, 0) is 16.1 Å². The fourth-order valence-electron chi connectivity index (χ4n) is 2.53. The third-order valence-corrected chi connectivity index (χ3v) is 4.01. The lowest BCUT2D eigenvalue weighted by Gasteiger charge is -2.24. The van der Waals surface area contributed by atoms with Gasteiger partial charge in [-0.05, 0) is 13.3 Å². The van der Waals surface area contributed by atoms with Crippen LogP contribution in [0.1, 0.15) is 38.5 Å². The van der Waals surface area contributed by atoms with Crippen LogP contribution < -0.4 is 10.3 Å². The van der Waals surface area contributed by atoms with Gasteiger partial charge in [-0.2, -0.15) is 4.98 Å². The molecular formula is C14H20N2O5. The monoisotopic (exact) mass is 296 g/mol. The average Bonchev–Trinajstić information content (AvgIpc) is 2.82. The minimum Gasteiger partial charge on any atom is -0.458 e. The van der Waals surface area contributed by atoms with E-state index in [1.807, 2.05) is 13.8 Å². The molecule has 1 aromatic heterocycles. The summed E-state index contributed by atoms with van der Waals surface area (Å²) >= 11 is 0. The molecule has 7 nitrogen and oxygen atoms in total. The van der Waals surface area contributed by atoms with Crippen molar-refractivity contribution in [3.05, 3.63) is 22.1 Å². The third-order valence-electron chi connectivity index (χ3n) is 4.01. The maximum absolute atomic E-state index is 12.0. The molecule has 0 saturated carbocycles. The van der Waals surface area contributed by atoms with Gasteiger partial charge < -0.3 is 19.3 Å². The van der Waals surface area contributed by atoms with Gasteiger partial charge in [0.1, 0.15) is 18.4 Å². The number of fused-ring (bicyclic) bond motifs is 4. The summed E-state index contributed by atoms with van der Waals surface area (Å²) in [4.78, 5) is 16.0. The summed E-state index contributed by atoms with van der Waals surface area (Å²) in [7, 11) is 0. The van der Waals surface area contributed by atoms with Crippen molar-refractivity contribution in [2.24, 2.45) is 0 Å². The quantitative estimate of drug-likeness (QED) is 0.856. The van der Waals surface area contributed by atoms with Gasteiger partial charge in [0.25, 0.3) is 5.56 Å². The van der Waals surface area contributed by atoms with Crippen LogP contribution in [0.5, 0.6) is 6.01 Å². The van der Waals surface area contributed by atoms with Gasteiger partial charge in [-0.3, -0.25) is 9.36 Å². The highest BCUT2D eigenvalue weighted by molar-refractivity contribution is 5.14. The number of aliphatic hydroxyl groups is 1. The first-order chi connectivity index (χ1) is 10.1. The summed E-state index contributed by atoms with van der Waals surface area (Å²) in [6.45, 7) is 4.10. The molecule has 4 atom stereocenters. The number of hydrogen-bond acceptors (Lipinski definition) is 6. The van der Waals surface area contributed by atoms with E-state index in [1.165, 1.54) is 0 Å². The Balaban J connectivity index is 1.83. The second-order valence-corrected chi connectivity index (χ2v) is 5.49. The van der Waals surface area contributed by atoms with Crippen LogP contribution in [0.15, 0.2) is 11.0 Å². The summed E-state index contributed by atoms with van der Waals surface area (Å²) in [5.41, 5.74) is 0.142. The fraction of sp³-hybridized carbons (Fsp3) is 0.714. The Morgan fingerprint density at radius 1 is 1.62 bits per heavy atom. The van der Waals surface area contributed by atoms with E-state index in [1.54, 1.807) is 10.8 Å². The zero-order valence-electron chi connectivity index (χ0n) is 12.2. The van der Waals surface area contributed by atoms with Gasteiger partial charge in [0.2, 0.25) is 0 Å². The van der Waals surface area contributed by atoms with Gasteiger partial charge in [-0.1, -0.05) is 6.92 Å². The molecule has 21 heavy (non-hydrogen) atoms. The fourth-order valence-corrected chi connectivity index (χ4v) is 2.53. The van der Waals surface area contributed by atoms with E-state index in [2.05, 4.69) is 4.98 Å². The SMILES string of the molecule is CCC(C)OCc1cn2c(nc1=O)O[C@@H]1C[C@H]2O[C@@H]1CO. The number of nitrogens with zero attached hydrogens (tertiary/aromatic N) is 2. The second-order valence-electron chi connectivity index (χ2n) is 5.49. The maximum Gasteiger partial charge on any atom is 0.302 e. The Labute approximate surface area is 122 Å². The van der Waals surface area contributed by atoms with Crippen LogP contribution in [0.25, 0.3) is 0 Å². The van der Waals surface area contributed by atoms with E-state index in [9.17, 15) is 9.90 Å². The zero-order chi connectivity index (χ0) is 15.0. The van der Waals surface area contributed by atoms with E-state index in [0.717, 1.165) is 6.42 Å². The first-order valence-corrected chi connectivity index (χ1v) is 7.29. The molecule has 1 N–H and O–H groups in total. The Kier molecular flexibility index (Phi) is 3.97. The molecule has 0 radical (unpaired) electrons. The Morgan fingerprint density at radius 2 is 2.43 bits per heavy atom. The number of hydrogen-bond donors (Lipinski definition) is 1. The number of ether oxygens (including phenoxy) is 3. The molecule has 7 heteroatoms. The van der Waals surface area contributed by atoms with Crippen molar-refractivity contribution in [1.29, 1.82) is 0 Å². The third kappa shape index (κ3) is 2.68. The predicted molar refractivity (Wildman–Crippen MR) is 73.1 cm³/mol. The summed E-state index contributed by atoms with van der Waals surface area (Å²) in [6, 6.07) is 0.254. The van der Waals surface area contributed by atoms with Gasteiger partial charge in [0, 0.05) is 12.6 Å². The lowest BCUT2D eigenvalue weighted by Crippen LogP contribution is -2.33. The van der Waals surface area contributed by atoms with Gasteiger partial charge >= 0.3 is 6.01 Å². The number of rotatable bonds is 5. The van der Waals surface area contributed by atoms with Crippen molar-refractivity contribution < 1.29 is 19.3 Å². The van der Waals surface area contributed by atoms with Crippen molar-refractivity contribution in [3.63, 3.8) is 0 Å². The van der Waals surface area contributed by atoms with Crippen LogP contribution >= 0.6 is 0 Å². The molecular weight excluding hydrogens is 276 g/mol. The van der Waals surface area contributed by atoms with Crippen molar-refractivity contribution in [1.82, 2.24) is 9.55 Å². The highest BCUT2D eigenvalue weighted by Gasteiger charge is 2.42.